The summed E-state index contributed by atoms with van der Waals surface area (Å²) in [6.07, 6.45) is 9.40. The highest BCUT2D eigenvalue weighted by Gasteiger charge is 2.15. The molecule has 0 heterocycles. The Morgan fingerprint density at radius 2 is 1.94 bits per heavy atom. The van der Waals surface area contributed by atoms with E-state index in [0.717, 1.165) is 18.4 Å². The van der Waals surface area contributed by atoms with Crippen molar-refractivity contribution >= 4 is 5.91 Å². The van der Waals surface area contributed by atoms with Crippen LogP contribution in [0.1, 0.15) is 39.0 Å². The highest BCUT2D eigenvalue weighted by Crippen LogP contribution is 2.17. The third-order valence-corrected chi connectivity index (χ3v) is 2.91. The van der Waals surface area contributed by atoms with E-state index in [1.807, 2.05) is 6.92 Å². The molecule has 0 aliphatic heterocycles. The van der Waals surface area contributed by atoms with Gasteiger partial charge in [-0.25, -0.2) is 0 Å². The lowest BCUT2D eigenvalue weighted by molar-refractivity contribution is -0.125. The molecule has 0 atom stereocenters. The van der Waals surface area contributed by atoms with E-state index in [-0.39, 0.29) is 12.5 Å². The fourth-order valence-electron chi connectivity index (χ4n) is 1.96. The zero-order valence-corrected chi connectivity index (χ0v) is 11.2. The summed E-state index contributed by atoms with van der Waals surface area (Å²) in [5.41, 5.74) is 0.923. The third-order valence-electron chi connectivity index (χ3n) is 2.91. The van der Waals surface area contributed by atoms with Gasteiger partial charge >= 0.3 is 0 Å². The fraction of sp³-hybridized carbons (Fsp3) is 0.533. The molecular weight excluding hydrogens is 226 g/mol. The summed E-state index contributed by atoms with van der Waals surface area (Å²) in [7, 11) is 0. The Morgan fingerprint density at radius 1 is 1.28 bits per heavy atom. The molecule has 3 nitrogen and oxygen atoms in total. The largest absolute Gasteiger partial charge is 0.484 e. The minimum Gasteiger partial charge on any atom is -0.484 e. The number of carbonyl (C=O) groups excluding carboxylic acids is 1. The van der Waals surface area contributed by atoms with Gasteiger partial charge in [0.15, 0.2) is 6.61 Å². The predicted molar refractivity (Wildman–Crippen MR) is 74.1 cm³/mol. The van der Waals surface area contributed by atoms with Gasteiger partial charge in [-0.15, -0.1) is 0 Å². The molecule has 0 saturated heterocycles. The van der Waals surface area contributed by atoms with Crippen LogP contribution < -0.4 is 5.32 Å². The van der Waals surface area contributed by atoms with E-state index >= 15 is 0 Å². The quantitative estimate of drug-likeness (QED) is 0.580. The molecule has 0 spiro atoms. The van der Waals surface area contributed by atoms with E-state index in [9.17, 15) is 4.79 Å². The number of amides is 1. The number of ether oxygens (including phenoxy) is 1. The molecule has 18 heavy (non-hydrogen) atoms. The molecule has 100 valence electrons. The molecule has 1 rings (SSSR count). The average Bonchev–Trinajstić information content (AvgIpc) is 2.35. The first kappa shape index (κ1) is 14.6. The SMILES string of the molecule is C=C(C)/C=C\C(=C)OCC(=O)NC1CCCCC1. The highest BCUT2D eigenvalue weighted by molar-refractivity contribution is 5.77. The van der Waals surface area contributed by atoms with Gasteiger partial charge in [-0.05, 0) is 25.8 Å². The first-order valence-corrected chi connectivity index (χ1v) is 6.52. The molecule has 0 aromatic rings. The molecule has 1 aliphatic carbocycles. The van der Waals surface area contributed by atoms with Crippen molar-refractivity contribution < 1.29 is 9.53 Å². The Balaban J connectivity index is 2.19. The monoisotopic (exact) mass is 249 g/mol. The smallest absolute Gasteiger partial charge is 0.258 e. The number of hydrogen-bond donors (Lipinski definition) is 1. The standard InChI is InChI=1S/C15H23NO2/c1-12(2)9-10-13(3)18-11-15(17)16-14-7-5-4-6-8-14/h9-10,14H,1,3-8,11H2,2H3,(H,16,17)/b10-9-. The van der Waals surface area contributed by atoms with Crippen molar-refractivity contribution in [3.05, 3.63) is 36.6 Å². The van der Waals surface area contributed by atoms with Crippen molar-refractivity contribution in [1.82, 2.24) is 5.32 Å². The predicted octanol–water partition coefficient (Wildman–Crippen LogP) is 3.10. The Labute approximate surface area is 110 Å². The molecule has 0 radical (unpaired) electrons. The summed E-state index contributed by atoms with van der Waals surface area (Å²) < 4.78 is 5.26. The van der Waals surface area contributed by atoms with Gasteiger partial charge in [0.2, 0.25) is 0 Å². The van der Waals surface area contributed by atoms with Crippen molar-refractivity contribution in [2.45, 2.75) is 45.1 Å². The summed E-state index contributed by atoms with van der Waals surface area (Å²) >= 11 is 0. The molecule has 1 N–H and O–H groups in total. The van der Waals surface area contributed by atoms with Crippen LogP contribution in [0.3, 0.4) is 0 Å². The number of carbonyl (C=O) groups is 1. The normalized spacial score (nSPS) is 16.5. The summed E-state index contributed by atoms with van der Waals surface area (Å²) in [5, 5.41) is 2.99. The molecule has 1 aliphatic rings. The molecule has 3 heteroatoms. The Hall–Kier alpha value is -1.51. The maximum absolute atomic E-state index is 11.6. The summed E-state index contributed by atoms with van der Waals surface area (Å²) in [4.78, 5) is 11.6. The van der Waals surface area contributed by atoms with E-state index in [1.54, 1.807) is 12.2 Å². The number of hydrogen-bond acceptors (Lipinski definition) is 2. The number of allylic oxidation sites excluding steroid dienone is 3. The Kier molecular flexibility index (Phi) is 6.26. The lowest BCUT2D eigenvalue weighted by atomic mass is 9.95. The molecule has 0 unspecified atom stereocenters. The van der Waals surface area contributed by atoms with E-state index in [2.05, 4.69) is 18.5 Å². The van der Waals surface area contributed by atoms with Crippen LogP contribution in [0.2, 0.25) is 0 Å². The highest BCUT2D eigenvalue weighted by atomic mass is 16.5. The molecule has 0 aromatic heterocycles. The van der Waals surface area contributed by atoms with Crippen LogP contribution in [0.25, 0.3) is 0 Å². The zero-order valence-electron chi connectivity index (χ0n) is 11.2. The fourth-order valence-corrected chi connectivity index (χ4v) is 1.96. The van der Waals surface area contributed by atoms with Crippen LogP contribution in [0.5, 0.6) is 0 Å². The summed E-state index contributed by atoms with van der Waals surface area (Å²) in [5.74, 6) is 0.420. The van der Waals surface area contributed by atoms with E-state index in [4.69, 9.17) is 4.74 Å². The lowest BCUT2D eigenvalue weighted by Gasteiger charge is -2.22. The second-order valence-electron chi connectivity index (χ2n) is 4.84. The van der Waals surface area contributed by atoms with Crippen molar-refractivity contribution in [3.8, 4) is 0 Å². The van der Waals surface area contributed by atoms with Crippen LogP contribution in [-0.2, 0) is 9.53 Å². The first-order chi connectivity index (χ1) is 8.58. The van der Waals surface area contributed by atoms with Crippen LogP contribution in [0, 0.1) is 0 Å². The maximum Gasteiger partial charge on any atom is 0.258 e. The van der Waals surface area contributed by atoms with Gasteiger partial charge in [-0.1, -0.05) is 44.1 Å². The molecule has 1 fully saturated rings. The van der Waals surface area contributed by atoms with Crippen molar-refractivity contribution in [2.24, 2.45) is 0 Å². The molecule has 1 saturated carbocycles. The minimum absolute atomic E-state index is 0.0376. The van der Waals surface area contributed by atoms with Crippen LogP contribution in [0.15, 0.2) is 36.6 Å². The van der Waals surface area contributed by atoms with Gasteiger partial charge in [0.1, 0.15) is 5.76 Å². The van der Waals surface area contributed by atoms with Gasteiger partial charge in [0, 0.05) is 6.04 Å². The molecule has 0 aromatic carbocycles. The van der Waals surface area contributed by atoms with Gasteiger partial charge in [0.25, 0.3) is 5.91 Å². The zero-order chi connectivity index (χ0) is 13.4. The summed E-state index contributed by atoms with van der Waals surface area (Å²) in [6.45, 7) is 9.38. The van der Waals surface area contributed by atoms with Gasteiger partial charge < -0.3 is 10.1 Å². The van der Waals surface area contributed by atoms with E-state index in [0.29, 0.717) is 11.8 Å². The second kappa shape index (κ2) is 7.75. The second-order valence-corrected chi connectivity index (χ2v) is 4.84. The molecule has 1 amide bonds. The Morgan fingerprint density at radius 3 is 2.56 bits per heavy atom. The maximum atomic E-state index is 11.6. The summed E-state index contributed by atoms with van der Waals surface area (Å²) in [6, 6.07) is 0.328. The lowest BCUT2D eigenvalue weighted by Crippen LogP contribution is -2.38. The van der Waals surface area contributed by atoms with E-state index < -0.39 is 0 Å². The molecular formula is C15H23NO2. The van der Waals surface area contributed by atoms with E-state index in [1.165, 1.54) is 19.3 Å². The van der Waals surface area contributed by atoms with Crippen LogP contribution in [0.4, 0.5) is 0 Å². The first-order valence-electron chi connectivity index (χ1n) is 6.52. The van der Waals surface area contributed by atoms with Crippen LogP contribution in [-0.4, -0.2) is 18.6 Å². The van der Waals surface area contributed by atoms with Gasteiger partial charge in [-0.3, -0.25) is 4.79 Å². The molecule has 0 bridgehead atoms. The van der Waals surface area contributed by atoms with Gasteiger partial charge in [0.05, 0.1) is 0 Å². The van der Waals surface area contributed by atoms with Gasteiger partial charge in [-0.2, -0.15) is 0 Å². The average molecular weight is 249 g/mol. The topological polar surface area (TPSA) is 38.3 Å². The van der Waals surface area contributed by atoms with Crippen molar-refractivity contribution in [1.29, 1.82) is 0 Å². The minimum atomic E-state index is -0.0632. The Bertz CT molecular complexity index is 338. The van der Waals surface area contributed by atoms with Crippen LogP contribution >= 0.6 is 0 Å². The third kappa shape index (κ3) is 6.28. The number of rotatable bonds is 6. The number of nitrogens with one attached hydrogen (secondary N) is 1. The van der Waals surface area contributed by atoms with Crippen molar-refractivity contribution in [3.63, 3.8) is 0 Å². The van der Waals surface area contributed by atoms with Crippen molar-refractivity contribution in [2.75, 3.05) is 6.61 Å².